The van der Waals surface area contributed by atoms with E-state index in [1.807, 2.05) is 26.8 Å². The number of imidazole rings is 1. The number of H-pyrrole nitrogens is 1. The number of carbonyl (C=O) groups is 1. The number of nitriles is 1. The molecular formula is C25H25Cl2N7O2. The fourth-order valence-corrected chi connectivity index (χ4v) is 5.00. The summed E-state index contributed by atoms with van der Waals surface area (Å²) in [5, 5.41) is 14.3. The van der Waals surface area contributed by atoms with Crippen LogP contribution >= 0.6 is 23.2 Å². The van der Waals surface area contributed by atoms with E-state index < -0.39 is 5.60 Å². The average molecular weight is 526 g/mol. The number of aromatic nitrogens is 4. The van der Waals surface area contributed by atoms with Crippen LogP contribution < -0.4 is 5.32 Å². The molecule has 1 saturated heterocycles. The lowest BCUT2D eigenvalue weighted by molar-refractivity contribution is 0.0206. The van der Waals surface area contributed by atoms with Crippen molar-refractivity contribution < 1.29 is 9.53 Å². The van der Waals surface area contributed by atoms with Crippen molar-refractivity contribution in [2.75, 3.05) is 18.4 Å². The monoisotopic (exact) mass is 525 g/mol. The third-order valence-corrected chi connectivity index (χ3v) is 6.82. The highest BCUT2D eigenvalue weighted by atomic mass is 35.5. The summed E-state index contributed by atoms with van der Waals surface area (Å²) in [7, 11) is 0. The van der Waals surface area contributed by atoms with Gasteiger partial charge in [0.05, 0.1) is 16.1 Å². The van der Waals surface area contributed by atoms with Crippen LogP contribution in [0, 0.1) is 11.3 Å². The van der Waals surface area contributed by atoms with Crippen LogP contribution in [-0.2, 0) is 4.74 Å². The van der Waals surface area contributed by atoms with Gasteiger partial charge in [-0.1, -0.05) is 29.3 Å². The molecule has 4 aromatic rings. The maximum absolute atomic E-state index is 12.6. The van der Waals surface area contributed by atoms with Gasteiger partial charge in [0, 0.05) is 48.7 Å². The van der Waals surface area contributed by atoms with Gasteiger partial charge in [-0.3, -0.25) is 4.40 Å². The van der Waals surface area contributed by atoms with Gasteiger partial charge in [-0.25, -0.2) is 14.8 Å². The van der Waals surface area contributed by atoms with E-state index >= 15 is 0 Å². The highest BCUT2D eigenvalue weighted by molar-refractivity contribution is 6.37. The summed E-state index contributed by atoms with van der Waals surface area (Å²) in [6, 6.07) is 5.56. The summed E-state index contributed by atoms with van der Waals surface area (Å²) in [6.45, 7) is 6.71. The van der Waals surface area contributed by atoms with Crippen LogP contribution in [0.4, 0.5) is 10.6 Å². The highest BCUT2D eigenvalue weighted by Crippen LogP contribution is 2.37. The second kappa shape index (κ2) is 9.19. The second-order valence-corrected chi connectivity index (χ2v) is 10.5. The molecule has 1 atom stereocenters. The summed E-state index contributed by atoms with van der Waals surface area (Å²) < 4.78 is 7.33. The fraction of sp³-hybridized carbons (Fsp3) is 0.360. The maximum atomic E-state index is 12.6. The zero-order valence-corrected chi connectivity index (χ0v) is 21.6. The van der Waals surface area contributed by atoms with Crippen LogP contribution in [0.3, 0.4) is 0 Å². The number of amides is 1. The van der Waals surface area contributed by atoms with Crippen molar-refractivity contribution in [3.63, 3.8) is 0 Å². The quantitative estimate of drug-likeness (QED) is 0.346. The van der Waals surface area contributed by atoms with Crippen molar-refractivity contribution in [1.82, 2.24) is 24.3 Å². The number of hydrogen-bond acceptors (Lipinski definition) is 6. The molecule has 0 spiro atoms. The minimum absolute atomic E-state index is 0.0381. The van der Waals surface area contributed by atoms with Crippen LogP contribution in [0.15, 0.2) is 30.7 Å². The Morgan fingerprint density at radius 3 is 2.89 bits per heavy atom. The van der Waals surface area contributed by atoms with Gasteiger partial charge in [-0.2, -0.15) is 5.26 Å². The average Bonchev–Trinajstić information content (AvgIpc) is 3.49. The molecule has 5 rings (SSSR count). The van der Waals surface area contributed by atoms with E-state index in [2.05, 4.69) is 21.4 Å². The molecule has 0 unspecified atom stereocenters. The van der Waals surface area contributed by atoms with Crippen molar-refractivity contribution in [2.24, 2.45) is 0 Å². The molecule has 1 amide bonds. The molecule has 1 aliphatic rings. The number of piperidine rings is 1. The van der Waals surface area contributed by atoms with Crippen LogP contribution in [0.25, 0.3) is 27.8 Å². The SMILES string of the molecule is CC(C)(C)OC(=O)N1CCC[C@H](Nc2nc(-c3c[nH]c4c(Cl)c(C#N)ccc34)c(Cl)n3ccnc23)C1. The first-order valence-corrected chi connectivity index (χ1v) is 12.4. The van der Waals surface area contributed by atoms with Gasteiger partial charge in [0.1, 0.15) is 22.5 Å². The molecule has 1 aliphatic heterocycles. The number of nitrogens with zero attached hydrogens (tertiary/aromatic N) is 5. The minimum Gasteiger partial charge on any atom is -0.444 e. The van der Waals surface area contributed by atoms with Crippen molar-refractivity contribution >= 4 is 51.7 Å². The molecule has 36 heavy (non-hydrogen) atoms. The van der Waals surface area contributed by atoms with E-state index in [0.717, 1.165) is 23.8 Å². The van der Waals surface area contributed by atoms with Crippen molar-refractivity contribution in [1.29, 1.82) is 5.26 Å². The first-order valence-electron chi connectivity index (χ1n) is 11.6. The number of likely N-dealkylation sites (tertiary alicyclic amines) is 1. The lowest BCUT2D eigenvalue weighted by Crippen LogP contribution is -2.47. The normalized spacial score (nSPS) is 16.3. The van der Waals surface area contributed by atoms with Crippen LogP contribution in [0.2, 0.25) is 10.2 Å². The molecule has 186 valence electrons. The Labute approximate surface area is 218 Å². The number of carbonyl (C=O) groups excluding carboxylic acids is 1. The highest BCUT2D eigenvalue weighted by Gasteiger charge is 2.29. The third-order valence-electron chi connectivity index (χ3n) is 6.07. The number of fused-ring (bicyclic) bond motifs is 2. The summed E-state index contributed by atoms with van der Waals surface area (Å²) in [6.07, 6.45) is 6.60. The molecule has 4 heterocycles. The van der Waals surface area contributed by atoms with E-state index in [-0.39, 0.29) is 12.1 Å². The third kappa shape index (κ3) is 4.43. The van der Waals surface area contributed by atoms with Gasteiger partial charge >= 0.3 is 6.09 Å². The van der Waals surface area contributed by atoms with Gasteiger partial charge < -0.3 is 19.9 Å². The largest absolute Gasteiger partial charge is 0.444 e. The van der Waals surface area contributed by atoms with Gasteiger partial charge in [0.25, 0.3) is 0 Å². The zero-order chi connectivity index (χ0) is 25.6. The number of anilines is 1. The molecule has 11 heteroatoms. The Bertz CT molecular complexity index is 1510. The lowest BCUT2D eigenvalue weighted by Gasteiger charge is -2.34. The van der Waals surface area contributed by atoms with Gasteiger partial charge in [-0.05, 0) is 39.7 Å². The Morgan fingerprint density at radius 2 is 2.14 bits per heavy atom. The Morgan fingerprint density at radius 1 is 1.33 bits per heavy atom. The van der Waals surface area contributed by atoms with Crippen LogP contribution in [-0.4, -0.2) is 55.1 Å². The zero-order valence-electron chi connectivity index (χ0n) is 20.1. The Balaban J connectivity index is 1.50. The number of halogens is 2. The van der Waals surface area contributed by atoms with Crippen molar-refractivity contribution in [3.8, 4) is 17.3 Å². The molecule has 3 aromatic heterocycles. The molecular weight excluding hydrogens is 501 g/mol. The van der Waals surface area contributed by atoms with Crippen molar-refractivity contribution in [2.45, 2.75) is 45.3 Å². The molecule has 1 aromatic carbocycles. The maximum Gasteiger partial charge on any atom is 0.410 e. The molecule has 0 bridgehead atoms. The fourth-order valence-electron chi connectivity index (χ4n) is 4.45. The Kier molecular flexibility index (Phi) is 6.18. The molecule has 1 fully saturated rings. The molecule has 9 nitrogen and oxygen atoms in total. The summed E-state index contributed by atoms with van der Waals surface area (Å²) >= 11 is 13.2. The van der Waals surface area contributed by atoms with Crippen LogP contribution in [0.1, 0.15) is 39.2 Å². The van der Waals surface area contributed by atoms with Crippen molar-refractivity contribution in [3.05, 3.63) is 46.5 Å². The number of benzene rings is 1. The van der Waals surface area contributed by atoms with Gasteiger partial charge in [-0.15, -0.1) is 0 Å². The van der Waals surface area contributed by atoms with E-state index in [1.54, 1.807) is 34.0 Å². The summed E-state index contributed by atoms with van der Waals surface area (Å²) in [5.41, 5.74) is 2.35. The molecule has 0 aliphatic carbocycles. The number of ether oxygens (including phenoxy) is 1. The molecule has 2 N–H and O–H groups in total. The summed E-state index contributed by atoms with van der Waals surface area (Å²) in [4.78, 5) is 26.8. The summed E-state index contributed by atoms with van der Waals surface area (Å²) in [5.74, 6) is 0.560. The molecule has 0 saturated carbocycles. The molecule has 0 radical (unpaired) electrons. The number of nitrogens with one attached hydrogen (secondary N) is 2. The number of aromatic amines is 1. The van der Waals surface area contributed by atoms with E-state index in [1.165, 1.54) is 0 Å². The standard InChI is InChI=1S/C25H25Cl2N7O2/c1-25(2,3)36-24(35)33-9-4-5-15(13-33)31-22-23-29-8-10-34(23)21(27)20(32-22)17-12-30-19-16(17)7-6-14(11-28)18(19)26/h6-8,10,12,15,30H,4-5,9,13H2,1-3H3,(H,31,32)/t15-/m0/s1. The number of rotatable bonds is 3. The smallest absolute Gasteiger partial charge is 0.410 e. The number of hydrogen-bond donors (Lipinski definition) is 2. The predicted molar refractivity (Wildman–Crippen MR) is 139 cm³/mol. The Hall–Kier alpha value is -3.48. The predicted octanol–water partition coefficient (Wildman–Crippen LogP) is 5.87. The van der Waals surface area contributed by atoms with Crippen LogP contribution in [0.5, 0.6) is 0 Å². The first kappa shape index (κ1) is 24.2. The van der Waals surface area contributed by atoms with E-state index in [4.69, 9.17) is 32.9 Å². The van der Waals surface area contributed by atoms with E-state index in [0.29, 0.717) is 51.5 Å². The topological polar surface area (TPSA) is 111 Å². The van der Waals surface area contributed by atoms with E-state index in [9.17, 15) is 10.1 Å². The first-order chi connectivity index (χ1) is 17.2. The minimum atomic E-state index is -0.553. The van der Waals surface area contributed by atoms with Gasteiger partial charge in [0.2, 0.25) is 0 Å². The second-order valence-electron chi connectivity index (χ2n) is 9.79. The lowest BCUT2D eigenvalue weighted by atomic mass is 10.1. The van der Waals surface area contributed by atoms with Gasteiger partial charge in [0.15, 0.2) is 11.5 Å².